The number of nitrogens with zero attached hydrogens (tertiary/aromatic N) is 2. The molecule has 94 valence electrons. The van der Waals surface area contributed by atoms with Crippen molar-refractivity contribution in [3.05, 3.63) is 17.8 Å². The van der Waals surface area contributed by atoms with E-state index < -0.39 is 0 Å². The monoisotopic (exact) mass is 235 g/mol. The van der Waals surface area contributed by atoms with Gasteiger partial charge in [-0.05, 0) is 37.8 Å². The van der Waals surface area contributed by atoms with Gasteiger partial charge in [0.15, 0.2) is 0 Å². The highest BCUT2D eigenvalue weighted by molar-refractivity contribution is 5.12. The average Bonchev–Trinajstić information content (AvgIpc) is 2.25. The molecular formula is C13H21N3O. The van der Waals surface area contributed by atoms with Crippen LogP contribution in [0.4, 0.5) is 0 Å². The maximum Gasteiger partial charge on any atom is 0.233 e. The number of aromatic nitrogens is 2. The van der Waals surface area contributed by atoms with Gasteiger partial charge in [-0.1, -0.05) is 13.8 Å². The van der Waals surface area contributed by atoms with Crippen LogP contribution in [0.25, 0.3) is 0 Å². The summed E-state index contributed by atoms with van der Waals surface area (Å²) in [5.41, 5.74) is 0.964. The Bertz CT molecular complexity index is 333. The van der Waals surface area contributed by atoms with Crippen LogP contribution in [0, 0.1) is 5.92 Å². The van der Waals surface area contributed by atoms with Gasteiger partial charge in [-0.25, -0.2) is 0 Å². The van der Waals surface area contributed by atoms with Gasteiger partial charge in [-0.3, -0.25) is 0 Å². The molecule has 1 N–H and O–H groups in total. The van der Waals surface area contributed by atoms with Gasteiger partial charge in [-0.2, -0.15) is 5.10 Å². The van der Waals surface area contributed by atoms with Crippen LogP contribution >= 0.6 is 0 Å². The van der Waals surface area contributed by atoms with Crippen LogP contribution in [0.3, 0.4) is 0 Å². The molecule has 0 radical (unpaired) electrons. The molecule has 1 aliphatic rings. The van der Waals surface area contributed by atoms with Crippen LogP contribution in [0.15, 0.2) is 12.1 Å². The van der Waals surface area contributed by atoms with E-state index in [1.807, 2.05) is 12.1 Å². The maximum atomic E-state index is 5.65. The summed E-state index contributed by atoms with van der Waals surface area (Å²) in [4.78, 5) is 0. The summed E-state index contributed by atoms with van der Waals surface area (Å²) in [5.74, 6) is 1.31. The first-order chi connectivity index (χ1) is 8.24. The number of hydrogen-bond donors (Lipinski definition) is 1. The molecule has 1 fully saturated rings. The lowest BCUT2D eigenvalue weighted by molar-refractivity contribution is 0.113. The molecule has 0 aliphatic heterocycles. The molecule has 1 saturated carbocycles. The van der Waals surface area contributed by atoms with Crippen molar-refractivity contribution in [1.29, 1.82) is 0 Å². The molecule has 1 aromatic rings. The third-order valence-corrected chi connectivity index (χ3v) is 2.89. The van der Waals surface area contributed by atoms with Crippen molar-refractivity contribution in [2.75, 3.05) is 6.54 Å². The SMILES string of the molecule is CC(C)CNCc1ccc(OC2CCC2)nn1. The van der Waals surface area contributed by atoms with Crippen LogP contribution in [-0.4, -0.2) is 22.8 Å². The van der Waals surface area contributed by atoms with Crippen molar-refractivity contribution in [3.63, 3.8) is 0 Å². The van der Waals surface area contributed by atoms with Gasteiger partial charge in [0.1, 0.15) is 6.10 Å². The Morgan fingerprint density at radius 3 is 2.71 bits per heavy atom. The van der Waals surface area contributed by atoms with E-state index in [9.17, 15) is 0 Å². The fourth-order valence-electron chi connectivity index (χ4n) is 1.65. The normalized spacial score (nSPS) is 15.9. The number of hydrogen-bond acceptors (Lipinski definition) is 4. The number of rotatable bonds is 6. The second-order valence-corrected chi connectivity index (χ2v) is 5.06. The fraction of sp³-hybridized carbons (Fsp3) is 0.692. The predicted octanol–water partition coefficient (Wildman–Crippen LogP) is 2.15. The summed E-state index contributed by atoms with van der Waals surface area (Å²) < 4.78 is 5.65. The zero-order chi connectivity index (χ0) is 12.1. The standard InChI is InChI=1S/C13H21N3O/c1-10(2)8-14-9-11-6-7-13(16-15-11)17-12-4-3-5-12/h6-7,10,12,14H,3-5,8-9H2,1-2H3. The molecule has 4 nitrogen and oxygen atoms in total. The molecule has 0 bridgehead atoms. The lowest BCUT2D eigenvalue weighted by Gasteiger charge is -2.25. The Kier molecular flexibility index (Phi) is 4.31. The summed E-state index contributed by atoms with van der Waals surface area (Å²) >= 11 is 0. The van der Waals surface area contributed by atoms with Gasteiger partial charge < -0.3 is 10.1 Å². The quantitative estimate of drug-likeness (QED) is 0.820. The first-order valence-corrected chi connectivity index (χ1v) is 6.44. The third-order valence-electron chi connectivity index (χ3n) is 2.89. The first-order valence-electron chi connectivity index (χ1n) is 6.44. The Balaban J connectivity index is 1.76. The van der Waals surface area contributed by atoms with Gasteiger partial charge in [0.25, 0.3) is 0 Å². The minimum Gasteiger partial charge on any atom is -0.473 e. The van der Waals surface area contributed by atoms with Crippen molar-refractivity contribution < 1.29 is 4.74 Å². The molecule has 4 heteroatoms. The maximum absolute atomic E-state index is 5.65. The zero-order valence-corrected chi connectivity index (χ0v) is 10.6. The van der Waals surface area contributed by atoms with Gasteiger partial charge in [-0.15, -0.1) is 5.10 Å². The smallest absolute Gasteiger partial charge is 0.233 e. The Hall–Kier alpha value is -1.16. The lowest BCUT2D eigenvalue weighted by atomic mass is 9.96. The molecular weight excluding hydrogens is 214 g/mol. The highest BCUT2D eigenvalue weighted by Crippen LogP contribution is 2.23. The molecule has 0 spiro atoms. The topological polar surface area (TPSA) is 47.0 Å². The Labute approximate surface area is 103 Å². The van der Waals surface area contributed by atoms with Crippen LogP contribution in [-0.2, 0) is 6.54 Å². The van der Waals surface area contributed by atoms with E-state index in [0.29, 0.717) is 17.9 Å². The van der Waals surface area contributed by atoms with Crippen LogP contribution in [0.1, 0.15) is 38.8 Å². The number of nitrogens with one attached hydrogen (secondary N) is 1. The van der Waals surface area contributed by atoms with Gasteiger partial charge in [0.05, 0.1) is 5.69 Å². The predicted molar refractivity (Wildman–Crippen MR) is 66.8 cm³/mol. The van der Waals surface area contributed by atoms with E-state index in [4.69, 9.17) is 4.74 Å². The van der Waals surface area contributed by atoms with Crippen molar-refractivity contribution in [2.24, 2.45) is 5.92 Å². The molecule has 2 rings (SSSR count). The lowest BCUT2D eigenvalue weighted by Crippen LogP contribution is -2.25. The molecule has 1 aromatic heterocycles. The van der Waals surface area contributed by atoms with Gasteiger partial charge in [0, 0.05) is 12.6 Å². The fourth-order valence-corrected chi connectivity index (χ4v) is 1.65. The molecule has 0 amide bonds. The highest BCUT2D eigenvalue weighted by atomic mass is 16.5. The summed E-state index contributed by atoms with van der Waals surface area (Å²) in [5, 5.41) is 11.6. The van der Waals surface area contributed by atoms with E-state index >= 15 is 0 Å². The van der Waals surface area contributed by atoms with E-state index in [2.05, 4.69) is 29.4 Å². The van der Waals surface area contributed by atoms with Crippen molar-refractivity contribution in [1.82, 2.24) is 15.5 Å². The van der Waals surface area contributed by atoms with E-state index in [1.54, 1.807) is 0 Å². The van der Waals surface area contributed by atoms with Crippen molar-refractivity contribution >= 4 is 0 Å². The average molecular weight is 235 g/mol. The highest BCUT2D eigenvalue weighted by Gasteiger charge is 2.19. The minimum absolute atomic E-state index is 0.370. The Morgan fingerprint density at radius 1 is 1.35 bits per heavy atom. The second-order valence-electron chi connectivity index (χ2n) is 5.06. The van der Waals surface area contributed by atoms with E-state index in [0.717, 1.165) is 31.6 Å². The van der Waals surface area contributed by atoms with Crippen molar-refractivity contribution in [2.45, 2.75) is 45.8 Å². The van der Waals surface area contributed by atoms with Crippen LogP contribution < -0.4 is 10.1 Å². The van der Waals surface area contributed by atoms with E-state index in [-0.39, 0.29) is 0 Å². The van der Waals surface area contributed by atoms with Crippen LogP contribution in [0.2, 0.25) is 0 Å². The summed E-state index contributed by atoms with van der Waals surface area (Å²) in [7, 11) is 0. The summed E-state index contributed by atoms with van der Waals surface area (Å²) in [6.45, 7) is 6.15. The van der Waals surface area contributed by atoms with Gasteiger partial charge in [0.2, 0.25) is 5.88 Å². The molecule has 1 aliphatic carbocycles. The number of ether oxygens (including phenoxy) is 1. The summed E-state index contributed by atoms with van der Waals surface area (Å²) in [6, 6.07) is 3.89. The molecule has 1 heterocycles. The molecule has 17 heavy (non-hydrogen) atoms. The zero-order valence-electron chi connectivity index (χ0n) is 10.6. The molecule has 0 atom stereocenters. The molecule has 0 unspecified atom stereocenters. The summed E-state index contributed by atoms with van der Waals surface area (Å²) in [6.07, 6.45) is 3.95. The molecule has 0 aromatic carbocycles. The largest absolute Gasteiger partial charge is 0.473 e. The van der Waals surface area contributed by atoms with Crippen molar-refractivity contribution in [3.8, 4) is 5.88 Å². The molecule has 0 saturated heterocycles. The minimum atomic E-state index is 0.370. The first kappa shape index (κ1) is 12.3. The van der Waals surface area contributed by atoms with E-state index in [1.165, 1.54) is 6.42 Å². The third kappa shape index (κ3) is 3.97. The Morgan fingerprint density at radius 2 is 2.18 bits per heavy atom. The van der Waals surface area contributed by atoms with Crippen LogP contribution in [0.5, 0.6) is 5.88 Å². The second kappa shape index (κ2) is 5.96. The van der Waals surface area contributed by atoms with Gasteiger partial charge >= 0.3 is 0 Å².